The number of rotatable bonds is 8. The minimum atomic E-state index is -0.426. The molecule has 0 spiro atoms. The standard InChI is InChI=1S/C20H33N3O2/c1-20(2,3)25-19(24)22-13-6-4-5-7-14-23-15-9-11-18(23)17-10-8-12-21-16-17/h8,10,12,16,18H,4-7,9,11,13-15H2,1-3H3,(H,22,24)/t18-/m0/s1. The molecule has 1 aromatic rings. The maximum Gasteiger partial charge on any atom is 0.407 e. The van der Waals surface area contributed by atoms with Crippen molar-refractivity contribution in [1.29, 1.82) is 0 Å². The molecule has 0 radical (unpaired) electrons. The van der Waals surface area contributed by atoms with Gasteiger partial charge < -0.3 is 10.1 Å². The van der Waals surface area contributed by atoms with Crippen molar-refractivity contribution in [3.05, 3.63) is 30.1 Å². The second-order valence-corrected chi connectivity index (χ2v) is 7.82. The van der Waals surface area contributed by atoms with Gasteiger partial charge in [0.1, 0.15) is 5.60 Å². The lowest BCUT2D eigenvalue weighted by Gasteiger charge is -2.24. The quantitative estimate of drug-likeness (QED) is 0.712. The van der Waals surface area contributed by atoms with Crippen molar-refractivity contribution in [1.82, 2.24) is 15.2 Å². The Morgan fingerprint density at radius 1 is 1.32 bits per heavy atom. The monoisotopic (exact) mass is 347 g/mol. The predicted molar refractivity (Wildman–Crippen MR) is 100 cm³/mol. The van der Waals surface area contributed by atoms with Crippen LogP contribution in [-0.2, 0) is 4.74 Å². The summed E-state index contributed by atoms with van der Waals surface area (Å²) in [5.41, 5.74) is 0.923. The fourth-order valence-corrected chi connectivity index (χ4v) is 3.34. The zero-order valence-electron chi connectivity index (χ0n) is 16.0. The summed E-state index contributed by atoms with van der Waals surface area (Å²) < 4.78 is 5.22. The molecule has 5 nitrogen and oxygen atoms in total. The van der Waals surface area contributed by atoms with E-state index in [0.29, 0.717) is 12.6 Å². The average Bonchev–Trinajstić information content (AvgIpc) is 3.01. The Morgan fingerprint density at radius 2 is 2.12 bits per heavy atom. The molecule has 2 heterocycles. The number of aromatic nitrogens is 1. The SMILES string of the molecule is CC(C)(C)OC(=O)NCCCCCCN1CCC[C@H]1c1cccnc1. The second kappa shape index (κ2) is 9.76. The van der Waals surface area contributed by atoms with Gasteiger partial charge in [-0.2, -0.15) is 0 Å². The van der Waals surface area contributed by atoms with Crippen LogP contribution in [0.1, 0.15) is 70.9 Å². The van der Waals surface area contributed by atoms with E-state index in [1.54, 1.807) is 0 Å². The number of carbonyl (C=O) groups excluding carboxylic acids is 1. The summed E-state index contributed by atoms with van der Waals surface area (Å²) in [6.45, 7) is 8.67. The van der Waals surface area contributed by atoms with Gasteiger partial charge in [-0.25, -0.2) is 4.79 Å². The van der Waals surface area contributed by atoms with Gasteiger partial charge in [-0.15, -0.1) is 0 Å². The van der Waals surface area contributed by atoms with Gasteiger partial charge in [-0.1, -0.05) is 18.9 Å². The van der Waals surface area contributed by atoms with Crippen LogP contribution in [0.2, 0.25) is 0 Å². The van der Waals surface area contributed by atoms with Crippen molar-refractivity contribution in [3.63, 3.8) is 0 Å². The lowest BCUT2D eigenvalue weighted by atomic mass is 10.1. The summed E-state index contributed by atoms with van der Waals surface area (Å²) in [5.74, 6) is 0. The fourth-order valence-electron chi connectivity index (χ4n) is 3.34. The number of unbranched alkanes of at least 4 members (excludes halogenated alkanes) is 3. The Hall–Kier alpha value is -1.62. The van der Waals surface area contributed by atoms with E-state index in [9.17, 15) is 4.79 Å². The van der Waals surface area contributed by atoms with Crippen molar-refractivity contribution in [2.24, 2.45) is 0 Å². The van der Waals surface area contributed by atoms with E-state index in [1.165, 1.54) is 37.8 Å². The third-order valence-corrected chi connectivity index (χ3v) is 4.47. The molecule has 1 aliphatic heterocycles. The fraction of sp³-hybridized carbons (Fsp3) is 0.700. The van der Waals surface area contributed by atoms with Gasteiger partial charge in [0.25, 0.3) is 0 Å². The van der Waals surface area contributed by atoms with Crippen LogP contribution in [0.4, 0.5) is 4.79 Å². The molecule has 1 amide bonds. The first-order chi connectivity index (χ1) is 12.0. The van der Waals surface area contributed by atoms with E-state index in [1.807, 2.05) is 39.2 Å². The van der Waals surface area contributed by atoms with Crippen LogP contribution in [0.3, 0.4) is 0 Å². The molecule has 1 fully saturated rings. The Labute approximate surface area is 152 Å². The van der Waals surface area contributed by atoms with Crippen molar-refractivity contribution >= 4 is 6.09 Å². The molecule has 0 aliphatic carbocycles. The van der Waals surface area contributed by atoms with Crippen molar-refractivity contribution in [2.75, 3.05) is 19.6 Å². The lowest BCUT2D eigenvalue weighted by molar-refractivity contribution is 0.0527. The third-order valence-electron chi connectivity index (χ3n) is 4.47. The molecule has 0 saturated carbocycles. The normalized spacial score (nSPS) is 18.3. The van der Waals surface area contributed by atoms with Gasteiger partial charge >= 0.3 is 6.09 Å². The van der Waals surface area contributed by atoms with E-state index < -0.39 is 5.60 Å². The zero-order valence-corrected chi connectivity index (χ0v) is 16.0. The summed E-state index contributed by atoms with van der Waals surface area (Å²) in [6, 6.07) is 4.77. The van der Waals surface area contributed by atoms with Gasteiger partial charge in [-0.05, 0) is 71.2 Å². The molecule has 0 unspecified atom stereocenters. The minimum Gasteiger partial charge on any atom is -0.444 e. The average molecular weight is 348 g/mol. The van der Waals surface area contributed by atoms with E-state index in [0.717, 1.165) is 19.4 Å². The largest absolute Gasteiger partial charge is 0.444 e. The van der Waals surface area contributed by atoms with Gasteiger partial charge in [-0.3, -0.25) is 9.88 Å². The molecule has 2 rings (SSSR count). The van der Waals surface area contributed by atoms with Gasteiger partial charge in [0, 0.05) is 25.0 Å². The lowest BCUT2D eigenvalue weighted by Crippen LogP contribution is -2.33. The Kier molecular flexibility index (Phi) is 7.69. The summed E-state index contributed by atoms with van der Waals surface area (Å²) in [4.78, 5) is 18.4. The maximum absolute atomic E-state index is 11.5. The molecule has 1 aromatic heterocycles. The first-order valence-corrected chi connectivity index (χ1v) is 9.56. The van der Waals surface area contributed by atoms with Gasteiger partial charge in [0.2, 0.25) is 0 Å². The molecule has 0 aromatic carbocycles. The number of nitrogens with zero attached hydrogens (tertiary/aromatic N) is 2. The molecular formula is C20H33N3O2. The molecule has 0 bridgehead atoms. The van der Waals surface area contributed by atoms with Crippen molar-refractivity contribution in [3.8, 4) is 0 Å². The first kappa shape index (κ1) is 19.7. The number of ether oxygens (including phenoxy) is 1. The van der Waals surface area contributed by atoms with E-state index in [2.05, 4.69) is 21.3 Å². The first-order valence-electron chi connectivity index (χ1n) is 9.56. The highest BCUT2D eigenvalue weighted by atomic mass is 16.6. The van der Waals surface area contributed by atoms with Gasteiger partial charge in [0.05, 0.1) is 0 Å². The molecule has 1 atom stereocenters. The third kappa shape index (κ3) is 7.43. The molecule has 140 valence electrons. The summed E-state index contributed by atoms with van der Waals surface area (Å²) >= 11 is 0. The second-order valence-electron chi connectivity index (χ2n) is 7.82. The minimum absolute atomic E-state index is 0.316. The van der Waals surface area contributed by atoms with Crippen LogP contribution in [-0.4, -0.2) is 41.2 Å². The number of hydrogen-bond donors (Lipinski definition) is 1. The van der Waals surface area contributed by atoms with Crippen molar-refractivity contribution in [2.45, 2.75) is 70.9 Å². The zero-order chi connectivity index (χ0) is 18.1. The highest BCUT2D eigenvalue weighted by Crippen LogP contribution is 2.31. The highest BCUT2D eigenvalue weighted by molar-refractivity contribution is 5.67. The molecule has 25 heavy (non-hydrogen) atoms. The number of pyridine rings is 1. The van der Waals surface area contributed by atoms with E-state index in [4.69, 9.17) is 4.74 Å². The van der Waals surface area contributed by atoms with Crippen LogP contribution < -0.4 is 5.32 Å². The summed E-state index contributed by atoms with van der Waals surface area (Å²) in [6.07, 6.45) is 10.6. The smallest absolute Gasteiger partial charge is 0.407 e. The van der Waals surface area contributed by atoms with Crippen LogP contribution in [0.25, 0.3) is 0 Å². The molecule has 1 N–H and O–H groups in total. The van der Waals surface area contributed by atoms with Crippen LogP contribution in [0, 0.1) is 0 Å². The van der Waals surface area contributed by atoms with Gasteiger partial charge in [0.15, 0.2) is 0 Å². The number of nitrogens with one attached hydrogen (secondary N) is 1. The number of likely N-dealkylation sites (tertiary alicyclic amines) is 1. The van der Waals surface area contributed by atoms with E-state index in [-0.39, 0.29) is 6.09 Å². The summed E-state index contributed by atoms with van der Waals surface area (Å²) in [7, 11) is 0. The topological polar surface area (TPSA) is 54.5 Å². The number of amides is 1. The number of hydrogen-bond acceptors (Lipinski definition) is 4. The number of alkyl carbamates (subject to hydrolysis) is 1. The van der Waals surface area contributed by atoms with Crippen molar-refractivity contribution < 1.29 is 9.53 Å². The number of carbonyl (C=O) groups is 1. The Balaban J connectivity index is 1.55. The Bertz CT molecular complexity index is 513. The molecule has 1 aliphatic rings. The Morgan fingerprint density at radius 3 is 2.84 bits per heavy atom. The predicted octanol–water partition coefficient (Wildman–Crippen LogP) is 4.30. The molecule has 5 heteroatoms. The highest BCUT2D eigenvalue weighted by Gasteiger charge is 2.25. The van der Waals surface area contributed by atoms with E-state index >= 15 is 0 Å². The van der Waals surface area contributed by atoms with Crippen LogP contribution in [0.5, 0.6) is 0 Å². The van der Waals surface area contributed by atoms with Crippen LogP contribution >= 0.6 is 0 Å². The van der Waals surface area contributed by atoms with Crippen LogP contribution in [0.15, 0.2) is 24.5 Å². The molecular weight excluding hydrogens is 314 g/mol. The summed E-state index contributed by atoms with van der Waals surface area (Å²) in [5, 5.41) is 2.82. The molecule has 1 saturated heterocycles. The maximum atomic E-state index is 11.5.